The minimum Gasteiger partial charge on any atom is -0.370 e. The molecule has 0 unspecified atom stereocenters. The van der Waals surface area contributed by atoms with Crippen molar-refractivity contribution in [2.75, 3.05) is 11.9 Å². The van der Waals surface area contributed by atoms with Crippen LogP contribution >= 0.6 is 11.8 Å². The van der Waals surface area contributed by atoms with Gasteiger partial charge < -0.3 is 10.3 Å². The Morgan fingerprint density at radius 1 is 1.29 bits per heavy atom. The summed E-state index contributed by atoms with van der Waals surface area (Å²) in [5, 5.41) is 5.05. The molecule has 90 valence electrons. The highest BCUT2D eigenvalue weighted by Gasteiger charge is 2.11. The fraction of sp³-hybridized carbons (Fsp3) is 0.364. The number of hydrogen-bond acceptors (Lipinski definition) is 5. The fourth-order valence-corrected chi connectivity index (χ4v) is 2.41. The van der Waals surface area contributed by atoms with Crippen LogP contribution in [0.5, 0.6) is 0 Å². The van der Waals surface area contributed by atoms with E-state index in [2.05, 4.69) is 39.1 Å². The molecule has 2 N–H and O–H groups in total. The number of rotatable bonds is 5. The van der Waals surface area contributed by atoms with Gasteiger partial charge in [-0.1, -0.05) is 6.92 Å². The lowest BCUT2D eigenvalue weighted by atomic mass is 10.2. The highest BCUT2D eigenvalue weighted by Crippen LogP contribution is 2.29. The first-order chi connectivity index (χ1) is 8.35. The Labute approximate surface area is 104 Å². The Balaban J connectivity index is 2.29. The molecule has 0 aliphatic carbocycles. The van der Waals surface area contributed by atoms with Crippen LogP contribution in [0.2, 0.25) is 0 Å². The fourth-order valence-electron chi connectivity index (χ4n) is 1.52. The molecule has 2 aromatic rings. The van der Waals surface area contributed by atoms with Crippen molar-refractivity contribution in [3.05, 3.63) is 24.3 Å². The molecule has 2 aromatic heterocycles. The van der Waals surface area contributed by atoms with Gasteiger partial charge >= 0.3 is 0 Å². The van der Waals surface area contributed by atoms with E-state index in [9.17, 15) is 0 Å². The molecule has 6 heteroatoms. The minimum absolute atomic E-state index is 0.848. The van der Waals surface area contributed by atoms with Crippen LogP contribution < -0.4 is 5.32 Å². The third-order valence-corrected chi connectivity index (χ3v) is 3.23. The van der Waals surface area contributed by atoms with Gasteiger partial charge in [-0.05, 0) is 25.1 Å². The van der Waals surface area contributed by atoms with Crippen LogP contribution in [0.1, 0.15) is 19.4 Å². The predicted molar refractivity (Wildman–Crippen MR) is 68.3 cm³/mol. The molecule has 2 rings (SSSR count). The maximum atomic E-state index is 4.32. The average molecular weight is 249 g/mol. The van der Waals surface area contributed by atoms with Crippen LogP contribution in [0.4, 0.5) is 5.82 Å². The first-order valence-corrected chi connectivity index (χ1v) is 6.41. The van der Waals surface area contributed by atoms with Crippen LogP contribution in [0.25, 0.3) is 0 Å². The van der Waals surface area contributed by atoms with Crippen LogP contribution in [0, 0.1) is 0 Å². The maximum Gasteiger partial charge on any atom is 0.171 e. The van der Waals surface area contributed by atoms with Gasteiger partial charge in [-0.2, -0.15) is 0 Å². The number of aromatic nitrogens is 4. The molecule has 0 saturated carbocycles. The summed E-state index contributed by atoms with van der Waals surface area (Å²) in [4.78, 5) is 15.8. The van der Waals surface area contributed by atoms with E-state index in [0.29, 0.717) is 0 Å². The molecule has 0 aromatic carbocycles. The zero-order valence-corrected chi connectivity index (χ0v) is 10.7. The lowest BCUT2D eigenvalue weighted by Gasteiger charge is -2.10. The summed E-state index contributed by atoms with van der Waals surface area (Å²) in [6, 6.07) is 0. The van der Waals surface area contributed by atoms with E-state index in [-0.39, 0.29) is 0 Å². The molecule has 17 heavy (non-hydrogen) atoms. The van der Waals surface area contributed by atoms with Crippen molar-refractivity contribution in [2.24, 2.45) is 0 Å². The molecule has 0 amide bonds. The number of nitrogens with one attached hydrogen (secondary N) is 2. The number of nitrogens with zero attached hydrogens (tertiary/aromatic N) is 3. The van der Waals surface area contributed by atoms with Gasteiger partial charge in [0.1, 0.15) is 17.2 Å². The molecule has 0 aliphatic heterocycles. The Bertz CT molecular complexity index is 469. The van der Waals surface area contributed by atoms with Crippen LogP contribution in [-0.4, -0.2) is 26.5 Å². The summed E-state index contributed by atoms with van der Waals surface area (Å²) in [6.45, 7) is 5.02. The molecule has 0 aliphatic rings. The number of H-pyrrole nitrogens is 1. The third kappa shape index (κ3) is 2.76. The summed E-state index contributed by atoms with van der Waals surface area (Å²) in [5.74, 6) is 0.916. The second kappa shape index (κ2) is 5.67. The van der Waals surface area contributed by atoms with E-state index in [4.69, 9.17) is 0 Å². The van der Waals surface area contributed by atoms with Crippen molar-refractivity contribution in [2.45, 2.75) is 30.5 Å². The molecular weight excluding hydrogens is 234 g/mol. The van der Waals surface area contributed by atoms with Gasteiger partial charge in [0, 0.05) is 24.5 Å². The Kier molecular flexibility index (Phi) is 3.98. The average Bonchev–Trinajstić information content (AvgIpc) is 2.83. The third-order valence-electron chi connectivity index (χ3n) is 2.27. The topological polar surface area (TPSA) is 66.5 Å². The van der Waals surface area contributed by atoms with Gasteiger partial charge in [-0.3, -0.25) is 0 Å². The lowest BCUT2D eigenvalue weighted by Crippen LogP contribution is -2.05. The molecule has 0 radical (unpaired) electrons. The normalized spacial score (nSPS) is 10.5. The molecule has 5 nitrogen and oxygen atoms in total. The zero-order chi connectivity index (χ0) is 12.1. The Morgan fingerprint density at radius 2 is 2.18 bits per heavy atom. The van der Waals surface area contributed by atoms with Gasteiger partial charge in [-0.15, -0.1) is 0 Å². The minimum atomic E-state index is 0.848. The smallest absolute Gasteiger partial charge is 0.171 e. The van der Waals surface area contributed by atoms with Gasteiger partial charge in [0.05, 0.1) is 0 Å². The predicted octanol–water partition coefficient (Wildman–Crippen LogP) is 2.35. The second-order valence-electron chi connectivity index (χ2n) is 3.39. The summed E-state index contributed by atoms with van der Waals surface area (Å²) >= 11 is 1.53. The van der Waals surface area contributed by atoms with E-state index in [0.717, 1.165) is 34.5 Å². The Morgan fingerprint density at radius 3 is 2.82 bits per heavy atom. The van der Waals surface area contributed by atoms with Gasteiger partial charge in [0.2, 0.25) is 0 Å². The molecule has 0 fully saturated rings. The van der Waals surface area contributed by atoms with Gasteiger partial charge in [0.15, 0.2) is 5.16 Å². The number of imidazole rings is 1. The van der Waals surface area contributed by atoms with Crippen LogP contribution in [-0.2, 0) is 6.42 Å². The van der Waals surface area contributed by atoms with Crippen molar-refractivity contribution in [1.29, 1.82) is 0 Å². The van der Waals surface area contributed by atoms with E-state index in [1.807, 2.05) is 0 Å². The second-order valence-corrected chi connectivity index (χ2v) is 4.36. The monoisotopic (exact) mass is 249 g/mol. The summed E-state index contributed by atoms with van der Waals surface area (Å²) in [5.41, 5.74) is 1.13. The van der Waals surface area contributed by atoms with E-state index in [1.165, 1.54) is 11.8 Å². The highest BCUT2D eigenvalue weighted by atomic mass is 32.2. The SMILES string of the molecule is CCNc1ncnc(Sc2ncc[nH]2)c1CC. The lowest BCUT2D eigenvalue weighted by molar-refractivity contribution is 0.930. The molecular formula is C11H15N5S. The quantitative estimate of drug-likeness (QED) is 0.796. The molecule has 0 bridgehead atoms. The van der Waals surface area contributed by atoms with Crippen LogP contribution in [0.3, 0.4) is 0 Å². The van der Waals surface area contributed by atoms with Crippen molar-refractivity contribution in [1.82, 2.24) is 19.9 Å². The van der Waals surface area contributed by atoms with E-state index < -0.39 is 0 Å². The summed E-state index contributed by atoms with van der Waals surface area (Å²) in [7, 11) is 0. The standard InChI is InChI=1S/C11H15N5S/c1-3-8-9(12-4-2)15-7-16-10(8)17-11-13-5-6-14-11/h5-7H,3-4H2,1-2H3,(H,13,14)(H,12,15,16). The number of hydrogen-bond donors (Lipinski definition) is 2. The van der Waals surface area contributed by atoms with Crippen molar-refractivity contribution < 1.29 is 0 Å². The number of aromatic amines is 1. The number of anilines is 1. The maximum absolute atomic E-state index is 4.32. The first kappa shape index (κ1) is 11.9. The van der Waals surface area contributed by atoms with Crippen molar-refractivity contribution in [3.63, 3.8) is 0 Å². The zero-order valence-electron chi connectivity index (χ0n) is 9.90. The van der Waals surface area contributed by atoms with E-state index in [1.54, 1.807) is 18.7 Å². The first-order valence-electron chi connectivity index (χ1n) is 5.60. The molecule has 0 saturated heterocycles. The molecule has 0 spiro atoms. The molecule has 2 heterocycles. The van der Waals surface area contributed by atoms with Crippen molar-refractivity contribution in [3.8, 4) is 0 Å². The van der Waals surface area contributed by atoms with E-state index >= 15 is 0 Å². The largest absolute Gasteiger partial charge is 0.370 e. The summed E-state index contributed by atoms with van der Waals surface area (Å²) < 4.78 is 0. The van der Waals surface area contributed by atoms with Gasteiger partial charge in [0.25, 0.3) is 0 Å². The Hall–Kier alpha value is -1.56. The van der Waals surface area contributed by atoms with Crippen molar-refractivity contribution >= 4 is 17.6 Å². The molecule has 0 atom stereocenters. The summed E-state index contributed by atoms with van der Waals surface area (Å²) in [6.07, 6.45) is 6.02. The van der Waals surface area contributed by atoms with Crippen LogP contribution in [0.15, 0.2) is 28.9 Å². The highest BCUT2D eigenvalue weighted by molar-refractivity contribution is 7.99. The van der Waals surface area contributed by atoms with Gasteiger partial charge in [-0.25, -0.2) is 15.0 Å².